The van der Waals surface area contributed by atoms with Gasteiger partial charge in [0.2, 0.25) is 11.8 Å². The highest BCUT2D eigenvalue weighted by molar-refractivity contribution is 7.13. The molecule has 0 aliphatic carbocycles. The summed E-state index contributed by atoms with van der Waals surface area (Å²) in [6.07, 6.45) is -0.0142. The lowest BCUT2D eigenvalue weighted by Gasteiger charge is -2.24. The zero-order valence-corrected chi connectivity index (χ0v) is 14.7. The quantitative estimate of drug-likeness (QED) is 0.780. The van der Waals surface area contributed by atoms with E-state index in [9.17, 15) is 18.8 Å². The van der Waals surface area contributed by atoms with E-state index in [2.05, 4.69) is 15.6 Å². The molecule has 1 atom stereocenters. The number of anilines is 2. The number of rotatable bonds is 5. The van der Waals surface area contributed by atoms with E-state index in [-0.39, 0.29) is 25.4 Å². The van der Waals surface area contributed by atoms with Crippen LogP contribution in [0.2, 0.25) is 0 Å². The fourth-order valence-corrected chi connectivity index (χ4v) is 3.38. The Labute approximate surface area is 152 Å². The zero-order chi connectivity index (χ0) is 18.7. The van der Waals surface area contributed by atoms with E-state index in [0.29, 0.717) is 22.1 Å². The Hall–Kier alpha value is -2.81. The van der Waals surface area contributed by atoms with Crippen molar-refractivity contribution in [2.45, 2.75) is 25.7 Å². The molecule has 0 saturated heterocycles. The van der Waals surface area contributed by atoms with E-state index < -0.39 is 23.6 Å². The first kappa shape index (κ1) is 18.0. The van der Waals surface area contributed by atoms with Gasteiger partial charge in [-0.05, 0) is 24.6 Å². The van der Waals surface area contributed by atoms with Gasteiger partial charge in [0.1, 0.15) is 5.82 Å². The largest absolute Gasteiger partial charge is 0.466 e. The van der Waals surface area contributed by atoms with Crippen molar-refractivity contribution in [1.82, 2.24) is 4.98 Å². The number of hydrogen-bond acceptors (Lipinski definition) is 6. The van der Waals surface area contributed by atoms with Gasteiger partial charge in [-0.1, -0.05) is 6.07 Å². The highest BCUT2D eigenvalue weighted by Crippen LogP contribution is 2.33. The molecule has 0 bridgehead atoms. The molecule has 2 heterocycles. The summed E-state index contributed by atoms with van der Waals surface area (Å²) in [5, 5.41) is 7.20. The second kappa shape index (κ2) is 7.61. The molecule has 136 valence electrons. The maximum absolute atomic E-state index is 13.4. The van der Waals surface area contributed by atoms with Crippen LogP contribution in [0.15, 0.2) is 23.6 Å². The summed E-state index contributed by atoms with van der Waals surface area (Å²) in [6.45, 7) is 2.00. The molecule has 0 saturated carbocycles. The maximum Gasteiger partial charge on any atom is 0.311 e. The number of halogens is 1. The first-order valence-corrected chi connectivity index (χ1v) is 8.84. The van der Waals surface area contributed by atoms with Crippen molar-refractivity contribution >= 4 is 39.9 Å². The van der Waals surface area contributed by atoms with Crippen molar-refractivity contribution in [3.63, 3.8) is 0 Å². The van der Waals surface area contributed by atoms with Crippen LogP contribution in [-0.2, 0) is 25.5 Å². The highest BCUT2D eigenvalue weighted by Gasteiger charge is 2.31. The Morgan fingerprint density at radius 3 is 3.04 bits per heavy atom. The van der Waals surface area contributed by atoms with Crippen molar-refractivity contribution in [2.75, 3.05) is 17.2 Å². The molecule has 7 nitrogen and oxygen atoms in total. The number of carbonyl (C=O) groups excluding carboxylic acids is 3. The van der Waals surface area contributed by atoms with Gasteiger partial charge >= 0.3 is 5.97 Å². The number of ether oxygens (including phenoxy) is 1. The lowest BCUT2D eigenvalue weighted by Crippen LogP contribution is -2.30. The molecule has 0 spiro atoms. The molecule has 1 aromatic carbocycles. The molecule has 0 unspecified atom stereocenters. The van der Waals surface area contributed by atoms with Crippen LogP contribution in [0.25, 0.3) is 0 Å². The number of carbonyl (C=O) groups is 3. The summed E-state index contributed by atoms with van der Waals surface area (Å²) in [5.74, 6) is -2.39. The van der Waals surface area contributed by atoms with Crippen LogP contribution in [0.1, 0.15) is 30.5 Å². The predicted octanol–water partition coefficient (Wildman–Crippen LogP) is 2.45. The Bertz CT molecular complexity index is 867. The fraction of sp³-hybridized carbons (Fsp3) is 0.294. The molecule has 1 aromatic heterocycles. The number of hydrogen-bond donors (Lipinski definition) is 2. The van der Waals surface area contributed by atoms with Gasteiger partial charge in [0.25, 0.3) is 0 Å². The minimum atomic E-state index is -0.739. The van der Waals surface area contributed by atoms with Crippen molar-refractivity contribution in [2.24, 2.45) is 0 Å². The van der Waals surface area contributed by atoms with Gasteiger partial charge in [0, 0.05) is 17.5 Å². The summed E-state index contributed by atoms with van der Waals surface area (Å²) >= 11 is 1.18. The van der Waals surface area contributed by atoms with Crippen LogP contribution >= 0.6 is 11.3 Å². The minimum absolute atomic E-state index is 0.0220. The van der Waals surface area contributed by atoms with E-state index in [4.69, 9.17) is 4.74 Å². The average molecular weight is 377 g/mol. The van der Waals surface area contributed by atoms with Gasteiger partial charge in [-0.2, -0.15) is 0 Å². The van der Waals surface area contributed by atoms with Gasteiger partial charge in [0.15, 0.2) is 5.13 Å². The van der Waals surface area contributed by atoms with Gasteiger partial charge < -0.3 is 15.4 Å². The predicted molar refractivity (Wildman–Crippen MR) is 93.5 cm³/mol. The smallest absolute Gasteiger partial charge is 0.311 e. The molecule has 2 N–H and O–H groups in total. The Morgan fingerprint density at radius 2 is 2.27 bits per heavy atom. The van der Waals surface area contributed by atoms with Crippen LogP contribution in [0.4, 0.5) is 15.2 Å². The molecular weight excluding hydrogens is 361 g/mol. The summed E-state index contributed by atoms with van der Waals surface area (Å²) in [4.78, 5) is 40.1. The molecule has 3 rings (SSSR count). The molecule has 26 heavy (non-hydrogen) atoms. The van der Waals surface area contributed by atoms with Crippen LogP contribution in [0, 0.1) is 5.82 Å². The van der Waals surface area contributed by atoms with E-state index in [1.807, 2.05) is 0 Å². The lowest BCUT2D eigenvalue weighted by atomic mass is 9.90. The topological polar surface area (TPSA) is 97.4 Å². The summed E-state index contributed by atoms with van der Waals surface area (Å²) < 4.78 is 18.2. The number of nitrogens with zero attached hydrogens (tertiary/aromatic N) is 1. The Morgan fingerprint density at radius 1 is 1.46 bits per heavy atom. The third kappa shape index (κ3) is 4.05. The van der Waals surface area contributed by atoms with E-state index >= 15 is 0 Å². The molecular formula is C17H16FN3O4S. The van der Waals surface area contributed by atoms with Crippen molar-refractivity contribution in [3.05, 3.63) is 40.7 Å². The van der Waals surface area contributed by atoms with E-state index in [1.54, 1.807) is 12.3 Å². The van der Waals surface area contributed by atoms with E-state index in [0.717, 1.165) is 0 Å². The number of aromatic nitrogens is 1. The van der Waals surface area contributed by atoms with Crippen molar-refractivity contribution in [3.8, 4) is 0 Å². The zero-order valence-electron chi connectivity index (χ0n) is 13.9. The lowest BCUT2D eigenvalue weighted by molar-refractivity contribution is -0.142. The number of nitrogens with one attached hydrogen (secondary N) is 2. The normalized spacial score (nSPS) is 15.8. The molecule has 1 aliphatic heterocycles. The number of fused-ring (bicyclic) bond motifs is 1. The monoisotopic (exact) mass is 377 g/mol. The summed E-state index contributed by atoms with van der Waals surface area (Å²) in [5.41, 5.74) is 1.34. The van der Waals surface area contributed by atoms with Crippen LogP contribution < -0.4 is 10.6 Å². The number of thiazole rings is 1. The van der Waals surface area contributed by atoms with Gasteiger partial charge in [-0.25, -0.2) is 9.37 Å². The van der Waals surface area contributed by atoms with Crippen molar-refractivity contribution < 1.29 is 23.5 Å². The third-order valence-electron chi connectivity index (χ3n) is 3.78. The van der Waals surface area contributed by atoms with Gasteiger partial charge in [0.05, 0.1) is 24.6 Å². The average Bonchev–Trinajstić information content (AvgIpc) is 3.00. The van der Waals surface area contributed by atoms with Gasteiger partial charge in [-0.3, -0.25) is 14.4 Å². The molecule has 9 heteroatoms. The molecule has 0 fully saturated rings. The van der Waals surface area contributed by atoms with Gasteiger partial charge in [-0.15, -0.1) is 11.3 Å². The summed E-state index contributed by atoms with van der Waals surface area (Å²) in [6, 6.07) is 3.92. The fourth-order valence-electron chi connectivity index (χ4n) is 2.67. The second-order valence-electron chi connectivity index (χ2n) is 5.65. The third-order valence-corrected chi connectivity index (χ3v) is 4.59. The SMILES string of the molecule is CCOC(=O)Cc1csc(NC(=O)[C@@H]2CC(=O)Nc3cc(F)ccc32)n1. The molecule has 0 radical (unpaired) electrons. The Kier molecular flexibility index (Phi) is 5.27. The van der Waals surface area contributed by atoms with E-state index in [1.165, 1.54) is 29.5 Å². The standard InChI is InChI=1S/C17H16FN3O4S/c1-2-25-15(23)6-10-8-26-17(19-10)21-16(24)12-7-14(22)20-13-5-9(18)3-4-11(12)13/h3-5,8,12H,2,6-7H2,1H3,(H,20,22)(H,19,21,24)/t12-/m1/s1. The second-order valence-corrected chi connectivity index (χ2v) is 6.51. The minimum Gasteiger partial charge on any atom is -0.466 e. The number of esters is 1. The highest BCUT2D eigenvalue weighted by atomic mass is 32.1. The first-order chi connectivity index (χ1) is 12.5. The van der Waals surface area contributed by atoms with Crippen LogP contribution in [0.3, 0.4) is 0 Å². The number of amides is 2. The van der Waals surface area contributed by atoms with Crippen molar-refractivity contribution in [1.29, 1.82) is 0 Å². The Balaban J connectivity index is 1.72. The molecule has 2 aromatic rings. The molecule has 2 amide bonds. The first-order valence-electron chi connectivity index (χ1n) is 7.96. The number of benzene rings is 1. The van der Waals surface area contributed by atoms with Crippen LogP contribution in [0.5, 0.6) is 0 Å². The summed E-state index contributed by atoms with van der Waals surface area (Å²) in [7, 11) is 0. The maximum atomic E-state index is 13.4. The molecule has 1 aliphatic rings. The van der Waals surface area contributed by atoms with Crippen LogP contribution in [-0.4, -0.2) is 29.4 Å².